The maximum atomic E-state index is 12.8. The number of rotatable bonds is 4. The van der Waals surface area contributed by atoms with Crippen molar-refractivity contribution in [2.75, 3.05) is 7.05 Å². The van der Waals surface area contributed by atoms with E-state index in [4.69, 9.17) is 0 Å². The highest BCUT2D eigenvalue weighted by Gasteiger charge is 2.13. The monoisotopic (exact) mass is 335 g/mol. The van der Waals surface area contributed by atoms with Crippen molar-refractivity contribution in [3.63, 3.8) is 0 Å². The zero-order valence-electron chi connectivity index (χ0n) is 14.3. The fourth-order valence-corrected chi connectivity index (χ4v) is 2.96. The third-order valence-corrected chi connectivity index (χ3v) is 4.15. The third-order valence-electron chi connectivity index (χ3n) is 4.15. The minimum Gasteiger partial charge on any atom is -0.341 e. The Morgan fingerprint density at radius 1 is 1.04 bits per heavy atom. The molecule has 2 N–H and O–H groups in total. The number of carbonyl (C=O) groups excluding carboxylic acids is 1. The standard InChI is InChI=1S/C20H21N3O2/c1-14(22-20(25)21-2)12-23-13-18(15-8-4-3-5-9-15)16-10-6-7-11-17(16)19(23)24/h3-11,13-14H,12H2,1-2H3,(H2,21,22,25). The summed E-state index contributed by atoms with van der Waals surface area (Å²) >= 11 is 0. The molecule has 5 nitrogen and oxygen atoms in total. The second-order valence-electron chi connectivity index (χ2n) is 6.04. The molecule has 0 aliphatic heterocycles. The molecule has 1 unspecified atom stereocenters. The molecule has 0 fully saturated rings. The zero-order valence-corrected chi connectivity index (χ0v) is 14.3. The number of pyridine rings is 1. The first-order chi connectivity index (χ1) is 12.1. The van der Waals surface area contributed by atoms with Crippen LogP contribution in [0.1, 0.15) is 6.92 Å². The van der Waals surface area contributed by atoms with Crippen molar-refractivity contribution in [2.45, 2.75) is 19.5 Å². The Labute approximate surface area is 146 Å². The van der Waals surface area contributed by atoms with Crippen molar-refractivity contribution in [1.82, 2.24) is 15.2 Å². The fourth-order valence-electron chi connectivity index (χ4n) is 2.96. The quantitative estimate of drug-likeness (QED) is 0.770. The van der Waals surface area contributed by atoms with E-state index in [1.165, 1.54) is 0 Å². The Hall–Kier alpha value is -3.08. The molecule has 5 heteroatoms. The maximum absolute atomic E-state index is 12.8. The van der Waals surface area contributed by atoms with E-state index in [2.05, 4.69) is 10.6 Å². The van der Waals surface area contributed by atoms with Crippen LogP contribution in [0, 0.1) is 0 Å². The second-order valence-corrected chi connectivity index (χ2v) is 6.04. The summed E-state index contributed by atoms with van der Waals surface area (Å²) in [4.78, 5) is 24.3. The molecule has 0 aliphatic carbocycles. The van der Waals surface area contributed by atoms with Crippen molar-refractivity contribution in [3.8, 4) is 11.1 Å². The number of benzene rings is 2. The van der Waals surface area contributed by atoms with Crippen molar-refractivity contribution >= 4 is 16.8 Å². The van der Waals surface area contributed by atoms with Gasteiger partial charge in [0.25, 0.3) is 5.56 Å². The van der Waals surface area contributed by atoms with Crippen LogP contribution < -0.4 is 16.2 Å². The molecule has 3 rings (SSSR count). The van der Waals surface area contributed by atoms with Gasteiger partial charge in [0.05, 0.1) is 0 Å². The van der Waals surface area contributed by atoms with E-state index < -0.39 is 0 Å². The first kappa shape index (κ1) is 16.8. The third kappa shape index (κ3) is 3.55. The summed E-state index contributed by atoms with van der Waals surface area (Å²) in [7, 11) is 1.57. The summed E-state index contributed by atoms with van der Waals surface area (Å²) in [6.07, 6.45) is 1.88. The van der Waals surface area contributed by atoms with Crippen LogP contribution in [-0.2, 0) is 6.54 Å². The summed E-state index contributed by atoms with van der Waals surface area (Å²) < 4.78 is 1.67. The summed E-state index contributed by atoms with van der Waals surface area (Å²) in [5, 5.41) is 6.94. The second kappa shape index (κ2) is 7.21. The largest absolute Gasteiger partial charge is 0.341 e. The van der Waals surface area contributed by atoms with Gasteiger partial charge in [-0.05, 0) is 23.9 Å². The highest BCUT2D eigenvalue weighted by molar-refractivity contribution is 5.95. The number of amides is 2. The number of hydrogen-bond acceptors (Lipinski definition) is 2. The highest BCUT2D eigenvalue weighted by Crippen LogP contribution is 2.26. The molecule has 2 amide bonds. The van der Waals surface area contributed by atoms with Gasteiger partial charge in [0.1, 0.15) is 0 Å². The van der Waals surface area contributed by atoms with E-state index in [0.717, 1.165) is 16.5 Å². The van der Waals surface area contributed by atoms with Crippen molar-refractivity contribution < 1.29 is 4.79 Å². The van der Waals surface area contributed by atoms with Gasteiger partial charge in [-0.2, -0.15) is 0 Å². The van der Waals surface area contributed by atoms with Gasteiger partial charge < -0.3 is 15.2 Å². The predicted octanol–water partition coefficient (Wildman–Crippen LogP) is 2.99. The van der Waals surface area contributed by atoms with Gasteiger partial charge in [0.2, 0.25) is 0 Å². The zero-order chi connectivity index (χ0) is 17.8. The number of nitrogens with one attached hydrogen (secondary N) is 2. The average Bonchev–Trinajstić information content (AvgIpc) is 2.64. The molecular weight excluding hydrogens is 314 g/mol. The molecule has 25 heavy (non-hydrogen) atoms. The van der Waals surface area contributed by atoms with Crippen LogP contribution in [0.15, 0.2) is 65.6 Å². The first-order valence-corrected chi connectivity index (χ1v) is 8.26. The normalized spacial score (nSPS) is 11.9. The van der Waals surface area contributed by atoms with Gasteiger partial charge in [-0.25, -0.2) is 4.79 Å². The lowest BCUT2D eigenvalue weighted by Crippen LogP contribution is -2.42. The molecule has 3 aromatic rings. The number of nitrogens with zero attached hydrogens (tertiary/aromatic N) is 1. The Morgan fingerprint density at radius 3 is 2.36 bits per heavy atom. The summed E-state index contributed by atoms with van der Waals surface area (Å²) in [6, 6.07) is 17.2. The van der Waals surface area contributed by atoms with Crippen LogP contribution >= 0.6 is 0 Å². The number of aromatic nitrogens is 1. The van der Waals surface area contributed by atoms with Crippen molar-refractivity contribution in [1.29, 1.82) is 0 Å². The molecule has 0 spiro atoms. The highest BCUT2D eigenvalue weighted by atomic mass is 16.2. The number of hydrogen-bond donors (Lipinski definition) is 2. The van der Waals surface area contributed by atoms with Crippen LogP contribution in [0.3, 0.4) is 0 Å². The Balaban J connectivity index is 2.09. The topological polar surface area (TPSA) is 63.1 Å². The lowest BCUT2D eigenvalue weighted by molar-refractivity contribution is 0.238. The van der Waals surface area contributed by atoms with E-state index in [1.807, 2.05) is 67.7 Å². The molecule has 1 aromatic heterocycles. The van der Waals surface area contributed by atoms with Gasteiger partial charge in [-0.15, -0.1) is 0 Å². The molecule has 128 valence electrons. The molecule has 0 radical (unpaired) electrons. The van der Waals surface area contributed by atoms with Gasteiger partial charge in [0.15, 0.2) is 0 Å². The van der Waals surface area contributed by atoms with Gasteiger partial charge >= 0.3 is 6.03 Å². The summed E-state index contributed by atoms with van der Waals surface area (Å²) in [5.74, 6) is 0. The summed E-state index contributed by atoms with van der Waals surface area (Å²) in [6.45, 7) is 2.27. The van der Waals surface area contributed by atoms with Crippen LogP contribution in [0.5, 0.6) is 0 Å². The average molecular weight is 335 g/mol. The first-order valence-electron chi connectivity index (χ1n) is 8.26. The van der Waals surface area contributed by atoms with E-state index in [0.29, 0.717) is 11.9 Å². The van der Waals surface area contributed by atoms with Crippen LogP contribution in [0.25, 0.3) is 21.9 Å². The van der Waals surface area contributed by atoms with Crippen LogP contribution in [0.2, 0.25) is 0 Å². The number of fused-ring (bicyclic) bond motifs is 1. The fraction of sp³-hybridized carbons (Fsp3) is 0.200. The molecule has 0 saturated carbocycles. The van der Waals surface area contributed by atoms with E-state index in [1.54, 1.807) is 11.6 Å². The predicted molar refractivity (Wildman–Crippen MR) is 101 cm³/mol. The maximum Gasteiger partial charge on any atom is 0.314 e. The molecule has 0 aliphatic rings. The Morgan fingerprint density at radius 2 is 1.68 bits per heavy atom. The molecular formula is C20H21N3O2. The Bertz CT molecular complexity index is 948. The smallest absolute Gasteiger partial charge is 0.314 e. The summed E-state index contributed by atoms with van der Waals surface area (Å²) in [5.41, 5.74) is 2.00. The lowest BCUT2D eigenvalue weighted by atomic mass is 10.0. The van der Waals surface area contributed by atoms with E-state index in [9.17, 15) is 9.59 Å². The van der Waals surface area contributed by atoms with Gasteiger partial charge in [-0.1, -0.05) is 48.5 Å². The molecule has 0 bridgehead atoms. The van der Waals surface area contributed by atoms with Gasteiger partial charge in [0, 0.05) is 36.8 Å². The number of urea groups is 1. The molecule has 0 saturated heterocycles. The number of carbonyl (C=O) groups is 1. The SMILES string of the molecule is CNC(=O)NC(C)Cn1cc(-c2ccccc2)c2ccccc2c1=O. The van der Waals surface area contributed by atoms with Crippen molar-refractivity contribution in [3.05, 3.63) is 71.1 Å². The molecule has 2 aromatic carbocycles. The van der Waals surface area contributed by atoms with E-state index >= 15 is 0 Å². The van der Waals surface area contributed by atoms with E-state index in [-0.39, 0.29) is 17.6 Å². The van der Waals surface area contributed by atoms with Gasteiger partial charge in [-0.3, -0.25) is 4.79 Å². The minimum absolute atomic E-state index is 0.0548. The van der Waals surface area contributed by atoms with Crippen LogP contribution in [-0.4, -0.2) is 23.7 Å². The lowest BCUT2D eigenvalue weighted by Gasteiger charge is -2.17. The molecule has 1 atom stereocenters. The van der Waals surface area contributed by atoms with Crippen molar-refractivity contribution in [2.24, 2.45) is 0 Å². The van der Waals surface area contributed by atoms with Crippen LogP contribution in [0.4, 0.5) is 4.79 Å². The minimum atomic E-state index is -0.260. The Kier molecular flexibility index (Phi) is 4.84. The molecule has 1 heterocycles.